The van der Waals surface area contributed by atoms with Gasteiger partial charge in [0, 0.05) is 13.1 Å². The van der Waals surface area contributed by atoms with Gasteiger partial charge in [0.05, 0.1) is 25.6 Å². The molecule has 2 aromatic rings. The first kappa shape index (κ1) is 19.3. The molecule has 0 radical (unpaired) electrons. The highest BCUT2D eigenvalue weighted by Crippen LogP contribution is 2.50. The highest BCUT2D eigenvalue weighted by atomic mass is 16.5. The minimum absolute atomic E-state index is 0.375. The first-order valence-corrected chi connectivity index (χ1v) is 9.39. The summed E-state index contributed by atoms with van der Waals surface area (Å²) in [7, 11) is 2.61. The van der Waals surface area contributed by atoms with E-state index in [2.05, 4.69) is 5.32 Å². The van der Waals surface area contributed by atoms with E-state index in [0.717, 1.165) is 21.6 Å². The van der Waals surface area contributed by atoms with Crippen molar-refractivity contribution in [2.75, 3.05) is 20.8 Å². The lowest BCUT2D eigenvalue weighted by Gasteiger charge is -2.30. The molecule has 2 fully saturated rings. The van der Waals surface area contributed by atoms with Gasteiger partial charge in [-0.05, 0) is 16.7 Å². The number of imide groups is 1. The van der Waals surface area contributed by atoms with Crippen LogP contribution in [-0.2, 0) is 19.1 Å². The lowest BCUT2D eigenvalue weighted by atomic mass is 9.79. The van der Waals surface area contributed by atoms with Crippen molar-refractivity contribution in [1.82, 2.24) is 10.2 Å². The van der Waals surface area contributed by atoms with Gasteiger partial charge in [0.1, 0.15) is 0 Å². The minimum atomic E-state index is -1.68. The van der Waals surface area contributed by atoms with E-state index >= 15 is 0 Å². The van der Waals surface area contributed by atoms with Gasteiger partial charge in [0.15, 0.2) is 5.54 Å². The highest BCUT2D eigenvalue weighted by Gasteiger charge is 2.68. The topological polar surface area (TPSA) is 95.9 Å². The number of fused-ring (bicyclic) bond motifs is 1. The van der Waals surface area contributed by atoms with Gasteiger partial charge >= 0.3 is 5.97 Å². The van der Waals surface area contributed by atoms with Crippen molar-refractivity contribution in [3.8, 4) is 11.1 Å². The van der Waals surface area contributed by atoms with E-state index < -0.39 is 41.9 Å². The smallest absolute Gasteiger partial charge is 0.329 e. The molecule has 0 saturated carbocycles. The van der Waals surface area contributed by atoms with Gasteiger partial charge in [0.25, 0.3) is 0 Å². The van der Waals surface area contributed by atoms with Crippen LogP contribution in [0.5, 0.6) is 0 Å². The number of nitrogens with zero attached hydrogens (tertiary/aromatic N) is 1. The molecule has 7 heteroatoms. The molecule has 0 aromatic heterocycles. The molecule has 0 bridgehead atoms. The molecule has 2 N–H and O–H groups in total. The largest absolute Gasteiger partial charge is 0.468 e. The zero-order valence-electron chi connectivity index (χ0n) is 16.2. The number of aliphatic hydroxyl groups excluding tert-OH is 1. The summed E-state index contributed by atoms with van der Waals surface area (Å²) in [5.74, 6) is -3.48. The van der Waals surface area contributed by atoms with Crippen LogP contribution in [0, 0.1) is 11.8 Å². The van der Waals surface area contributed by atoms with E-state index in [9.17, 15) is 19.5 Å². The normalized spacial score (nSPS) is 28.5. The van der Waals surface area contributed by atoms with Crippen molar-refractivity contribution in [2.45, 2.75) is 11.6 Å². The molecule has 0 unspecified atom stereocenters. The Hall–Kier alpha value is -3.03. The second kappa shape index (κ2) is 7.09. The van der Waals surface area contributed by atoms with Crippen molar-refractivity contribution in [3.05, 3.63) is 60.2 Å². The number of ether oxygens (including phenoxy) is 1. The summed E-state index contributed by atoms with van der Waals surface area (Å²) in [6.07, 6.45) is 0. The Kier molecular flexibility index (Phi) is 4.72. The molecular weight excluding hydrogens is 372 g/mol. The SMILES string of the molecule is COC(=O)[C@]1(CO)N[C@H](c2ccccc2-c2ccccc2)[C@@H]2C(=O)N(C)C(=O)[C@@H]21. The molecule has 150 valence electrons. The number of benzene rings is 2. The average Bonchev–Trinajstić information content (AvgIpc) is 3.24. The van der Waals surface area contributed by atoms with Crippen LogP contribution in [0.15, 0.2) is 54.6 Å². The molecule has 0 spiro atoms. The molecule has 2 aromatic carbocycles. The van der Waals surface area contributed by atoms with Crippen molar-refractivity contribution in [1.29, 1.82) is 0 Å². The Balaban J connectivity index is 1.89. The predicted molar refractivity (Wildman–Crippen MR) is 104 cm³/mol. The number of amides is 2. The molecule has 7 nitrogen and oxygen atoms in total. The van der Waals surface area contributed by atoms with E-state index in [1.54, 1.807) is 0 Å². The third-order valence-corrected chi connectivity index (χ3v) is 6.05. The van der Waals surface area contributed by atoms with Gasteiger partial charge in [-0.2, -0.15) is 0 Å². The van der Waals surface area contributed by atoms with Crippen molar-refractivity contribution in [3.63, 3.8) is 0 Å². The molecule has 29 heavy (non-hydrogen) atoms. The van der Waals surface area contributed by atoms with E-state index in [1.165, 1.54) is 14.2 Å². The maximum absolute atomic E-state index is 13.0. The summed E-state index contributed by atoms with van der Waals surface area (Å²) in [4.78, 5) is 39.6. The number of hydrogen-bond donors (Lipinski definition) is 2. The fourth-order valence-electron chi connectivity index (χ4n) is 4.64. The summed E-state index contributed by atoms with van der Waals surface area (Å²) in [6.45, 7) is -0.655. The average molecular weight is 394 g/mol. The van der Waals surface area contributed by atoms with Gasteiger partial charge in [-0.15, -0.1) is 0 Å². The highest BCUT2D eigenvalue weighted by molar-refractivity contribution is 6.09. The van der Waals surface area contributed by atoms with Crippen LogP contribution in [0.25, 0.3) is 11.1 Å². The zero-order chi connectivity index (χ0) is 20.8. The number of esters is 1. The monoisotopic (exact) mass is 394 g/mol. The molecule has 2 heterocycles. The van der Waals surface area contributed by atoms with Crippen LogP contribution in [-0.4, -0.2) is 54.1 Å². The van der Waals surface area contributed by atoms with Gasteiger partial charge in [-0.3, -0.25) is 19.8 Å². The Morgan fingerprint density at radius 3 is 2.41 bits per heavy atom. The quantitative estimate of drug-likeness (QED) is 0.596. The van der Waals surface area contributed by atoms with Crippen molar-refractivity contribution >= 4 is 17.8 Å². The van der Waals surface area contributed by atoms with Crippen LogP contribution >= 0.6 is 0 Å². The number of carbonyl (C=O) groups excluding carboxylic acids is 3. The van der Waals surface area contributed by atoms with Crippen LogP contribution in [0.1, 0.15) is 11.6 Å². The van der Waals surface area contributed by atoms with Crippen LogP contribution < -0.4 is 5.32 Å². The van der Waals surface area contributed by atoms with Crippen molar-refractivity contribution < 1.29 is 24.2 Å². The zero-order valence-corrected chi connectivity index (χ0v) is 16.2. The van der Waals surface area contributed by atoms with Gasteiger partial charge in [-0.25, -0.2) is 4.79 Å². The number of rotatable bonds is 4. The van der Waals surface area contributed by atoms with Gasteiger partial charge in [0.2, 0.25) is 11.8 Å². The van der Waals surface area contributed by atoms with E-state index in [4.69, 9.17) is 4.74 Å². The third-order valence-electron chi connectivity index (χ3n) is 6.05. The number of likely N-dealkylation sites (tertiary alicyclic amines) is 1. The Morgan fingerprint density at radius 2 is 1.76 bits per heavy atom. The minimum Gasteiger partial charge on any atom is -0.468 e. The predicted octanol–water partition coefficient (Wildman–Crippen LogP) is 1.13. The van der Waals surface area contributed by atoms with Crippen LogP contribution in [0.3, 0.4) is 0 Å². The van der Waals surface area contributed by atoms with Gasteiger partial charge < -0.3 is 9.84 Å². The van der Waals surface area contributed by atoms with Gasteiger partial charge in [-0.1, -0.05) is 54.6 Å². The number of carbonyl (C=O) groups is 3. The number of methoxy groups -OCH3 is 1. The Labute approximate surface area is 168 Å². The maximum Gasteiger partial charge on any atom is 0.329 e. The van der Waals surface area contributed by atoms with E-state index in [0.29, 0.717) is 0 Å². The first-order chi connectivity index (χ1) is 14.0. The number of nitrogens with one attached hydrogen (secondary N) is 1. The van der Waals surface area contributed by atoms with Crippen LogP contribution in [0.2, 0.25) is 0 Å². The lowest BCUT2D eigenvalue weighted by Crippen LogP contribution is -2.58. The summed E-state index contributed by atoms with van der Waals surface area (Å²) >= 11 is 0. The van der Waals surface area contributed by atoms with Crippen molar-refractivity contribution in [2.24, 2.45) is 11.8 Å². The van der Waals surface area contributed by atoms with Crippen LogP contribution in [0.4, 0.5) is 0 Å². The molecule has 0 aliphatic carbocycles. The molecular formula is C22H22N2O5. The molecule has 2 saturated heterocycles. The summed E-state index contributed by atoms with van der Waals surface area (Å²) in [5, 5.41) is 13.3. The lowest BCUT2D eigenvalue weighted by molar-refractivity contribution is -0.156. The third kappa shape index (κ3) is 2.69. The molecule has 4 rings (SSSR count). The van der Waals surface area contributed by atoms with E-state index in [1.807, 2.05) is 54.6 Å². The van der Waals surface area contributed by atoms with E-state index in [-0.39, 0.29) is 5.91 Å². The first-order valence-electron chi connectivity index (χ1n) is 9.39. The Morgan fingerprint density at radius 1 is 1.10 bits per heavy atom. The molecule has 4 atom stereocenters. The maximum atomic E-state index is 13.0. The Bertz CT molecular complexity index is 976. The summed E-state index contributed by atoms with van der Waals surface area (Å²) in [6, 6.07) is 16.6. The standard InChI is InChI=1S/C22H22N2O5/c1-24-19(26)16-17(20(24)27)22(12-25,21(28)29-2)23-18(16)15-11-7-6-10-14(15)13-8-4-3-5-9-13/h3-11,16-18,23,25H,12H2,1-2H3/t16-,17-,18-,22-/m1/s1. The fraction of sp³-hybridized carbons (Fsp3) is 0.318. The fourth-order valence-corrected chi connectivity index (χ4v) is 4.64. The summed E-state index contributed by atoms with van der Waals surface area (Å²) in [5.41, 5.74) is 0.944. The summed E-state index contributed by atoms with van der Waals surface area (Å²) < 4.78 is 4.91. The molecule has 2 aliphatic heterocycles. The second-order valence-corrected chi connectivity index (χ2v) is 7.44. The number of aliphatic hydroxyl groups is 1. The second-order valence-electron chi connectivity index (χ2n) is 7.44. The molecule has 2 amide bonds. The number of hydrogen-bond acceptors (Lipinski definition) is 6. The molecule has 2 aliphatic rings.